The molecule has 1 amide bonds. The van der Waals surface area contributed by atoms with Crippen LogP contribution in [0.15, 0.2) is 35.4 Å². The first-order valence-electron chi connectivity index (χ1n) is 10.7. The largest absolute Gasteiger partial charge is 0.347 e. The Morgan fingerprint density at radius 2 is 1.94 bits per heavy atom. The quantitative estimate of drug-likeness (QED) is 0.644. The fraction of sp³-hybridized carbons (Fsp3) is 0.417. The van der Waals surface area contributed by atoms with E-state index in [2.05, 4.69) is 5.32 Å². The average molecular weight is 425 g/mol. The van der Waals surface area contributed by atoms with Gasteiger partial charge in [0.2, 0.25) is 0 Å². The number of carbonyl (C=O) groups excluding carboxylic acids is 1. The molecule has 162 valence electrons. The number of nitrogens with one attached hydrogen (secondary N) is 1. The first-order chi connectivity index (χ1) is 14.7. The maximum Gasteiger partial charge on any atom is 0.273 e. The van der Waals surface area contributed by atoms with Gasteiger partial charge in [-0.05, 0) is 57.2 Å². The van der Waals surface area contributed by atoms with Gasteiger partial charge in [0, 0.05) is 42.1 Å². The van der Waals surface area contributed by atoms with Crippen LogP contribution in [0.2, 0.25) is 0 Å². The molecule has 2 aromatic heterocycles. The molecule has 0 radical (unpaired) electrons. The summed E-state index contributed by atoms with van der Waals surface area (Å²) in [7, 11) is 0. The zero-order valence-electron chi connectivity index (χ0n) is 17.9. The van der Waals surface area contributed by atoms with Gasteiger partial charge in [-0.15, -0.1) is 0 Å². The number of alkyl halides is 2. The number of halogens is 2. The van der Waals surface area contributed by atoms with Crippen molar-refractivity contribution in [3.63, 3.8) is 0 Å². The molecule has 1 fully saturated rings. The van der Waals surface area contributed by atoms with Crippen molar-refractivity contribution >= 4 is 22.5 Å². The van der Waals surface area contributed by atoms with E-state index in [-0.39, 0.29) is 35.4 Å². The fourth-order valence-corrected chi connectivity index (χ4v) is 4.78. The lowest BCUT2D eigenvalue weighted by Crippen LogP contribution is -2.30. The molecule has 5 rings (SSSR count). The van der Waals surface area contributed by atoms with E-state index in [1.54, 1.807) is 22.9 Å². The third-order valence-electron chi connectivity index (χ3n) is 6.86. The third-order valence-corrected chi connectivity index (χ3v) is 6.86. The van der Waals surface area contributed by atoms with E-state index in [1.165, 1.54) is 6.07 Å². The molecule has 0 aliphatic heterocycles. The van der Waals surface area contributed by atoms with Gasteiger partial charge in [-0.1, -0.05) is 12.1 Å². The highest BCUT2D eigenvalue weighted by molar-refractivity contribution is 6.12. The molecule has 3 aromatic rings. The molecule has 0 atom stereocenters. The molecule has 0 saturated heterocycles. The second kappa shape index (κ2) is 6.52. The molecule has 31 heavy (non-hydrogen) atoms. The summed E-state index contributed by atoms with van der Waals surface area (Å²) < 4.78 is 31.9. The lowest BCUT2D eigenvalue weighted by molar-refractivity contribution is -0.00184. The number of nitrogens with zero attached hydrogens (tertiary/aromatic N) is 2. The SMILES string of the molecule is CCn1cc(C)c2c(=O)n(C3(C)CC3)cc(C(=O)Nc3cccc4c3CCC4(F)F)c21. The van der Waals surface area contributed by atoms with Crippen LogP contribution in [0.1, 0.15) is 60.2 Å². The third kappa shape index (κ3) is 2.93. The number of rotatable bonds is 4. The molecule has 2 heterocycles. The first-order valence-corrected chi connectivity index (χ1v) is 10.7. The molecule has 2 aliphatic rings. The lowest BCUT2D eigenvalue weighted by Gasteiger charge is -2.18. The molecule has 2 aliphatic carbocycles. The standard InChI is InChI=1S/C24H25F2N3O2/c1-4-28-12-14(2)19-20(28)16(13-29(22(19)31)23(3)10-11-23)21(30)27-18-7-5-6-17-15(18)8-9-24(17,25)26/h5-7,12-13H,4,8-11H2,1-3H3,(H,27,30). The van der Waals surface area contributed by atoms with Crippen molar-refractivity contribution < 1.29 is 13.6 Å². The smallest absolute Gasteiger partial charge is 0.273 e. The average Bonchev–Trinajstić information content (AvgIpc) is 3.26. The van der Waals surface area contributed by atoms with E-state index in [4.69, 9.17) is 0 Å². The summed E-state index contributed by atoms with van der Waals surface area (Å²) in [4.78, 5) is 26.7. The van der Waals surface area contributed by atoms with E-state index in [1.807, 2.05) is 31.5 Å². The predicted molar refractivity (Wildman–Crippen MR) is 116 cm³/mol. The first kappa shape index (κ1) is 20.0. The minimum absolute atomic E-state index is 0.0151. The Labute approximate surface area is 178 Å². The predicted octanol–water partition coefficient (Wildman–Crippen LogP) is 4.93. The number of hydrogen-bond acceptors (Lipinski definition) is 2. The molecule has 1 aromatic carbocycles. The van der Waals surface area contributed by atoms with Crippen LogP contribution in [0.25, 0.3) is 10.9 Å². The normalized spacial score (nSPS) is 18.2. The number of pyridine rings is 1. The number of carbonyl (C=O) groups is 1. The lowest BCUT2D eigenvalue weighted by atomic mass is 10.1. The molecule has 7 heteroatoms. The number of hydrogen-bond donors (Lipinski definition) is 1. The number of amides is 1. The molecule has 1 N–H and O–H groups in total. The summed E-state index contributed by atoms with van der Waals surface area (Å²) in [6.45, 7) is 6.46. The molecular formula is C24H25F2N3O2. The Balaban J connectivity index is 1.66. The van der Waals surface area contributed by atoms with Crippen LogP contribution in [-0.2, 0) is 24.4 Å². The van der Waals surface area contributed by atoms with Crippen molar-refractivity contribution in [2.45, 2.75) is 64.5 Å². The van der Waals surface area contributed by atoms with E-state index in [0.29, 0.717) is 34.3 Å². The van der Waals surface area contributed by atoms with Crippen molar-refractivity contribution in [3.05, 3.63) is 63.2 Å². The minimum atomic E-state index is -2.87. The number of aryl methyl sites for hydroxylation is 2. The monoisotopic (exact) mass is 425 g/mol. The van der Waals surface area contributed by atoms with Gasteiger partial charge in [-0.2, -0.15) is 0 Å². The highest BCUT2D eigenvalue weighted by atomic mass is 19.3. The molecular weight excluding hydrogens is 400 g/mol. The summed E-state index contributed by atoms with van der Waals surface area (Å²) >= 11 is 0. The molecule has 0 spiro atoms. The Morgan fingerprint density at radius 1 is 1.19 bits per heavy atom. The number of benzene rings is 1. The van der Waals surface area contributed by atoms with E-state index < -0.39 is 5.92 Å². The Bertz CT molecular complexity index is 1300. The van der Waals surface area contributed by atoms with Crippen LogP contribution in [0.3, 0.4) is 0 Å². The second-order valence-electron chi connectivity index (χ2n) is 9.03. The van der Waals surface area contributed by atoms with Crippen molar-refractivity contribution in [2.75, 3.05) is 5.32 Å². The van der Waals surface area contributed by atoms with Gasteiger partial charge in [0.1, 0.15) is 0 Å². The van der Waals surface area contributed by atoms with Gasteiger partial charge in [0.15, 0.2) is 0 Å². The summed E-state index contributed by atoms with van der Waals surface area (Å²) in [5.74, 6) is -3.26. The van der Waals surface area contributed by atoms with Crippen molar-refractivity contribution in [1.29, 1.82) is 0 Å². The maximum atomic E-state index is 14.2. The highest BCUT2D eigenvalue weighted by Crippen LogP contribution is 2.45. The summed E-state index contributed by atoms with van der Waals surface area (Å²) in [6.07, 6.45) is 5.28. The maximum absolute atomic E-state index is 14.2. The van der Waals surface area contributed by atoms with Crippen LogP contribution in [0.4, 0.5) is 14.5 Å². The number of fused-ring (bicyclic) bond motifs is 2. The van der Waals surface area contributed by atoms with Crippen LogP contribution in [-0.4, -0.2) is 15.0 Å². The molecule has 0 bridgehead atoms. The Morgan fingerprint density at radius 3 is 2.61 bits per heavy atom. The van der Waals surface area contributed by atoms with Gasteiger partial charge >= 0.3 is 0 Å². The zero-order valence-corrected chi connectivity index (χ0v) is 17.9. The van der Waals surface area contributed by atoms with Crippen LogP contribution >= 0.6 is 0 Å². The highest BCUT2D eigenvalue weighted by Gasteiger charge is 2.42. The van der Waals surface area contributed by atoms with Crippen molar-refractivity contribution in [3.8, 4) is 0 Å². The van der Waals surface area contributed by atoms with E-state index in [9.17, 15) is 18.4 Å². The van der Waals surface area contributed by atoms with Gasteiger partial charge in [-0.3, -0.25) is 9.59 Å². The van der Waals surface area contributed by atoms with Crippen LogP contribution in [0.5, 0.6) is 0 Å². The summed E-state index contributed by atoms with van der Waals surface area (Å²) in [5, 5.41) is 3.42. The molecule has 1 saturated carbocycles. The fourth-order valence-electron chi connectivity index (χ4n) is 4.78. The number of aromatic nitrogens is 2. The van der Waals surface area contributed by atoms with Gasteiger partial charge in [0.25, 0.3) is 17.4 Å². The van der Waals surface area contributed by atoms with Crippen molar-refractivity contribution in [2.24, 2.45) is 0 Å². The topological polar surface area (TPSA) is 56.0 Å². The zero-order chi connectivity index (χ0) is 22.1. The van der Waals surface area contributed by atoms with Gasteiger partial charge < -0.3 is 14.5 Å². The van der Waals surface area contributed by atoms with Crippen molar-refractivity contribution in [1.82, 2.24) is 9.13 Å². The summed E-state index contributed by atoms with van der Waals surface area (Å²) in [6, 6.07) is 4.64. The molecule has 5 nitrogen and oxygen atoms in total. The van der Waals surface area contributed by atoms with Gasteiger partial charge in [-0.25, -0.2) is 8.78 Å². The van der Waals surface area contributed by atoms with Crippen LogP contribution < -0.4 is 10.9 Å². The van der Waals surface area contributed by atoms with E-state index in [0.717, 1.165) is 18.4 Å². The minimum Gasteiger partial charge on any atom is -0.347 e. The van der Waals surface area contributed by atoms with E-state index >= 15 is 0 Å². The number of anilines is 1. The summed E-state index contributed by atoms with van der Waals surface area (Å²) in [5.41, 5.74) is 2.33. The molecule has 0 unspecified atom stereocenters. The van der Waals surface area contributed by atoms with Gasteiger partial charge in [0.05, 0.1) is 16.5 Å². The second-order valence-corrected chi connectivity index (χ2v) is 9.03. The Kier molecular flexibility index (Phi) is 4.20. The Hall–Kier alpha value is -2.96. The van der Waals surface area contributed by atoms with Crippen LogP contribution in [0, 0.1) is 6.92 Å².